The molecule has 2 heterocycles. The monoisotopic (exact) mass is 313 g/mol. The van der Waals surface area contributed by atoms with Gasteiger partial charge in [-0.25, -0.2) is 9.78 Å². The number of pyridine rings is 1. The molecule has 0 aromatic carbocycles. The van der Waals surface area contributed by atoms with Gasteiger partial charge < -0.3 is 10.0 Å². The van der Waals surface area contributed by atoms with Crippen LogP contribution in [0.15, 0.2) is 22.9 Å². The molecule has 1 aliphatic rings. The van der Waals surface area contributed by atoms with Gasteiger partial charge >= 0.3 is 6.09 Å². The summed E-state index contributed by atoms with van der Waals surface area (Å²) < 4.78 is 0.829. The normalized spacial score (nSPS) is 21.0. The Morgan fingerprint density at radius 3 is 2.89 bits per heavy atom. The maximum atomic E-state index is 11.0. The topological polar surface area (TPSA) is 56.7 Å². The minimum atomic E-state index is -0.826. The van der Waals surface area contributed by atoms with Crippen LogP contribution in [0.25, 0.3) is 0 Å². The zero-order valence-corrected chi connectivity index (χ0v) is 11.8. The predicted octanol–water partition coefficient (Wildman–Crippen LogP) is 2.03. The van der Waals surface area contributed by atoms with Crippen molar-refractivity contribution in [1.82, 2.24) is 14.8 Å². The molecule has 5 nitrogen and oxygen atoms in total. The fourth-order valence-electron chi connectivity index (χ4n) is 2.22. The van der Waals surface area contributed by atoms with Crippen LogP contribution in [0.1, 0.15) is 12.5 Å². The number of carboxylic acid groups (broad SMARTS) is 1. The first-order valence-electron chi connectivity index (χ1n) is 5.88. The second kappa shape index (κ2) is 5.67. The van der Waals surface area contributed by atoms with Gasteiger partial charge in [0.25, 0.3) is 0 Å². The number of rotatable bonds is 2. The smallest absolute Gasteiger partial charge is 0.407 e. The molecule has 0 radical (unpaired) electrons. The third kappa shape index (κ3) is 3.20. The minimum absolute atomic E-state index is 0.0413. The number of amides is 1. The zero-order valence-electron chi connectivity index (χ0n) is 10.2. The molecule has 1 N–H and O–H groups in total. The molecule has 18 heavy (non-hydrogen) atoms. The Balaban J connectivity index is 1.93. The second-order valence-electron chi connectivity index (χ2n) is 4.55. The first-order chi connectivity index (χ1) is 8.56. The van der Waals surface area contributed by atoms with E-state index in [1.54, 1.807) is 0 Å². The van der Waals surface area contributed by atoms with Crippen LogP contribution in [-0.2, 0) is 6.54 Å². The molecule has 0 aliphatic carbocycles. The molecular weight excluding hydrogens is 298 g/mol. The van der Waals surface area contributed by atoms with Crippen LogP contribution in [0.2, 0.25) is 0 Å². The molecule has 6 heteroatoms. The summed E-state index contributed by atoms with van der Waals surface area (Å²) in [4.78, 5) is 18.9. The highest BCUT2D eigenvalue weighted by atomic mass is 79.9. The molecule has 0 bridgehead atoms. The third-order valence-corrected chi connectivity index (χ3v) is 3.62. The van der Waals surface area contributed by atoms with E-state index in [4.69, 9.17) is 5.11 Å². The first kappa shape index (κ1) is 13.3. The standard InChI is InChI=1S/C12H16BrN3O2/c1-9-7-15(4-5-16(9)12(17)18)8-10-2-3-11(13)14-6-10/h2-3,6,9H,4-5,7-8H2,1H3,(H,17,18). The van der Waals surface area contributed by atoms with Crippen LogP contribution in [-0.4, -0.2) is 51.7 Å². The van der Waals surface area contributed by atoms with Crippen molar-refractivity contribution in [3.63, 3.8) is 0 Å². The summed E-state index contributed by atoms with van der Waals surface area (Å²) in [6.45, 7) is 4.87. The highest BCUT2D eigenvalue weighted by Crippen LogP contribution is 2.14. The Morgan fingerprint density at radius 2 is 2.33 bits per heavy atom. The zero-order chi connectivity index (χ0) is 13.1. The van der Waals surface area contributed by atoms with E-state index in [1.807, 2.05) is 25.3 Å². The summed E-state index contributed by atoms with van der Waals surface area (Å²) in [6.07, 6.45) is 1.02. The summed E-state index contributed by atoms with van der Waals surface area (Å²) in [6, 6.07) is 4.00. The van der Waals surface area contributed by atoms with Crippen molar-refractivity contribution in [3.8, 4) is 0 Å². The molecule has 1 aliphatic heterocycles. The average molecular weight is 314 g/mol. The Morgan fingerprint density at radius 1 is 1.56 bits per heavy atom. The van der Waals surface area contributed by atoms with Crippen molar-refractivity contribution in [2.24, 2.45) is 0 Å². The lowest BCUT2D eigenvalue weighted by Gasteiger charge is -2.38. The summed E-state index contributed by atoms with van der Waals surface area (Å²) in [5, 5.41) is 9.01. The van der Waals surface area contributed by atoms with E-state index in [-0.39, 0.29) is 6.04 Å². The maximum absolute atomic E-state index is 11.0. The van der Waals surface area contributed by atoms with Gasteiger partial charge in [0.15, 0.2) is 0 Å². The number of hydrogen-bond acceptors (Lipinski definition) is 3. The number of piperazine rings is 1. The number of halogens is 1. The van der Waals surface area contributed by atoms with Gasteiger partial charge in [0.05, 0.1) is 0 Å². The Labute approximate surface area is 115 Å². The molecule has 0 spiro atoms. The van der Waals surface area contributed by atoms with Gasteiger partial charge in [-0.3, -0.25) is 4.90 Å². The number of hydrogen-bond donors (Lipinski definition) is 1. The van der Waals surface area contributed by atoms with Gasteiger partial charge in [0, 0.05) is 38.4 Å². The molecule has 1 aromatic rings. The molecule has 1 saturated heterocycles. The average Bonchev–Trinajstić information content (AvgIpc) is 2.32. The summed E-state index contributed by atoms with van der Waals surface area (Å²) in [5.41, 5.74) is 1.15. The Hall–Kier alpha value is -1.14. The van der Waals surface area contributed by atoms with Gasteiger partial charge in [-0.2, -0.15) is 0 Å². The Kier molecular flexibility index (Phi) is 4.19. The number of nitrogens with zero attached hydrogens (tertiary/aromatic N) is 3. The molecular formula is C12H16BrN3O2. The van der Waals surface area contributed by atoms with Crippen LogP contribution in [0.4, 0.5) is 4.79 Å². The van der Waals surface area contributed by atoms with Crippen molar-refractivity contribution in [2.45, 2.75) is 19.5 Å². The van der Waals surface area contributed by atoms with Crippen molar-refractivity contribution in [3.05, 3.63) is 28.5 Å². The minimum Gasteiger partial charge on any atom is -0.465 e. The predicted molar refractivity (Wildman–Crippen MR) is 71.4 cm³/mol. The molecule has 1 unspecified atom stereocenters. The molecule has 1 amide bonds. The molecule has 1 atom stereocenters. The first-order valence-corrected chi connectivity index (χ1v) is 6.68. The number of aromatic nitrogens is 1. The van der Waals surface area contributed by atoms with E-state index in [1.165, 1.54) is 4.90 Å². The van der Waals surface area contributed by atoms with Crippen LogP contribution >= 0.6 is 15.9 Å². The van der Waals surface area contributed by atoms with Crippen molar-refractivity contribution in [1.29, 1.82) is 0 Å². The highest BCUT2D eigenvalue weighted by molar-refractivity contribution is 9.10. The summed E-state index contributed by atoms with van der Waals surface area (Å²) in [7, 11) is 0. The maximum Gasteiger partial charge on any atom is 0.407 e. The van der Waals surface area contributed by atoms with E-state index < -0.39 is 6.09 Å². The van der Waals surface area contributed by atoms with Gasteiger partial charge in [0.2, 0.25) is 0 Å². The van der Waals surface area contributed by atoms with E-state index in [2.05, 4.69) is 25.8 Å². The van der Waals surface area contributed by atoms with Crippen LogP contribution in [0.5, 0.6) is 0 Å². The van der Waals surface area contributed by atoms with E-state index >= 15 is 0 Å². The Bertz CT molecular complexity index is 424. The fraction of sp³-hybridized carbons (Fsp3) is 0.500. The van der Waals surface area contributed by atoms with Gasteiger partial charge in [-0.1, -0.05) is 6.07 Å². The van der Waals surface area contributed by atoms with Crippen LogP contribution in [0.3, 0.4) is 0 Å². The molecule has 2 rings (SSSR count). The molecule has 1 fully saturated rings. The largest absolute Gasteiger partial charge is 0.465 e. The molecule has 0 saturated carbocycles. The van der Waals surface area contributed by atoms with Gasteiger partial charge in [-0.05, 0) is 34.5 Å². The van der Waals surface area contributed by atoms with Crippen molar-refractivity contribution < 1.29 is 9.90 Å². The van der Waals surface area contributed by atoms with Crippen LogP contribution < -0.4 is 0 Å². The second-order valence-corrected chi connectivity index (χ2v) is 5.36. The van der Waals surface area contributed by atoms with E-state index in [0.29, 0.717) is 6.54 Å². The van der Waals surface area contributed by atoms with Gasteiger partial charge in [0.1, 0.15) is 4.60 Å². The van der Waals surface area contributed by atoms with Crippen LogP contribution in [0, 0.1) is 0 Å². The SMILES string of the molecule is CC1CN(Cc2ccc(Br)nc2)CCN1C(=O)O. The third-order valence-electron chi connectivity index (χ3n) is 3.15. The lowest BCUT2D eigenvalue weighted by Crippen LogP contribution is -2.53. The van der Waals surface area contributed by atoms with E-state index in [9.17, 15) is 4.79 Å². The van der Waals surface area contributed by atoms with Crippen molar-refractivity contribution in [2.75, 3.05) is 19.6 Å². The quantitative estimate of drug-likeness (QED) is 0.849. The lowest BCUT2D eigenvalue weighted by atomic mass is 10.2. The lowest BCUT2D eigenvalue weighted by molar-refractivity contribution is 0.0711. The molecule has 1 aromatic heterocycles. The number of carbonyl (C=O) groups is 1. The summed E-state index contributed by atoms with van der Waals surface area (Å²) in [5.74, 6) is 0. The van der Waals surface area contributed by atoms with Crippen molar-refractivity contribution >= 4 is 22.0 Å². The van der Waals surface area contributed by atoms with Gasteiger partial charge in [-0.15, -0.1) is 0 Å². The summed E-state index contributed by atoms with van der Waals surface area (Å²) >= 11 is 3.31. The van der Waals surface area contributed by atoms with E-state index in [0.717, 1.165) is 29.8 Å². The fourth-order valence-corrected chi connectivity index (χ4v) is 2.45. The molecule has 98 valence electrons. The highest BCUT2D eigenvalue weighted by Gasteiger charge is 2.26.